The number of fused-ring (bicyclic) bond motifs is 6. The Hall–Kier alpha value is -10.8. The molecule has 6 heterocycles. The fourth-order valence-corrected chi connectivity index (χ4v) is 19.5. The average molecular weight is 2230 g/mol. The minimum atomic E-state index is -3.25. The Kier molecular flexibility index (Phi) is 52.7. The van der Waals surface area contributed by atoms with Gasteiger partial charge in [0.2, 0.25) is 9.23 Å². The largest absolute Gasteiger partial charge is 0.478 e. The number of carboxylic acid groups (broad SMARTS) is 1. The van der Waals surface area contributed by atoms with Gasteiger partial charge in [-0.2, -0.15) is 0 Å². The second-order valence-corrected chi connectivity index (χ2v) is 49.1. The Bertz CT molecular complexity index is 6760. The number of carbonyl (C=O) groups is 5. The van der Waals surface area contributed by atoms with Crippen molar-refractivity contribution in [2.45, 2.75) is 127 Å². The van der Waals surface area contributed by atoms with Gasteiger partial charge in [-0.25, -0.2) is 69.1 Å². The topological polar surface area (TPSA) is 438 Å². The molecule has 0 spiro atoms. The lowest BCUT2D eigenvalue weighted by molar-refractivity contribution is -0.0227. The summed E-state index contributed by atoms with van der Waals surface area (Å²) in [5.74, 6) is -0.638. The van der Waals surface area contributed by atoms with Gasteiger partial charge >= 0.3 is 17.5 Å². The van der Waals surface area contributed by atoms with E-state index < -0.39 is 84.9 Å². The molecule has 2 bridgehead atoms. The first-order valence-electron chi connectivity index (χ1n) is 46.9. The number of carbonyl (C=O) groups excluding carboxylic acids is 4. The van der Waals surface area contributed by atoms with Crippen molar-refractivity contribution >= 4 is 147 Å². The van der Waals surface area contributed by atoms with Gasteiger partial charge in [0, 0.05) is 125 Å². The molecule has 17 rings (SSSR count). The monoisotopic (exact) mass is 2230 g/mol. The highest BCUT2D eigenvalue weighted by Crippen LogP contribution is 2.37. The lowest BCUT2D eigenvalue weighted by Crippen LogP contribution is -2.50. The number of ether oxygens (including phenoxy) is 2. The maximum atomic E-state index is 12.4. The van der Waals surface area contributed by atoms with E-state index in [1.54, 1.807) is 67.3 Å². The fraction of sp³-hybridized carbons (Fsp3) is 0.327. The van der Waals surface area contributed by atoms with E-state index in [9.17, 15) is 79.6 Å². The Morgan fingerprint density at radius 1 is 0.469 bits per heavy atom. The number of aliphatic imine (C=N–C) groups is 1. The first kappa shape index (κ1) is 125. The van der Waals surface area contributed by atoms with Crippen LogP contribution in [0.2, 0.25) is 0 Å². The number of hydrogen-bond acceptors (Lipinski definition) is 26. The summed E-state index contributed by atoms with van der Waals surface area (Å²) in [6.45, 7) is 21.2. The van der Waals surface area contributed by atoms with Crippen LogP contribution < -0.4 is 16.4 Å². The van der Waals surface area contributed by atoms with Crippen molar-refractivity contribution in [1.82, 2.24) is 25.3 Å². The Morgan fingerprint density at radius 3 is 1.24 bits per heavy atom. The number of sulfone groups is 6. The Morgan fingerprint density at radius 2 is 0.857 bits per heavy atom. The highest BCUT2D eigenvalue weighted by Gasteiger charge is 2.35. The summed E-state index contributed by atoms with van der Waals surface area (Å²) in [5, 5.41) is 23.6. The summed E-state index contributed by atoms with van der Waals surface area (Å²) in [7, 11) is -11.8. The highest BCUT2D eigenvalue weighted by atomic mass is 36.0. The standard InChI is InChI=1S/C19H21NO4S.C16H17NO3S.C16H17NO2S.C16H15NO2S.C8H7ClO3S.C8H11N.C8H8O4S.C7H13NO.C6H15N.C3H5ClO2.Cl2OS/c1-3-24-19(21)20-13-12-14-6-4-5-7-17(14)18(20)15-8-10-16(11-9-15)25(2,22)23;1-21(19,20)15-9-7-14(8-10-15)16(18)17-12-11-13-5-3-2-4-6-13;2*1-20(18,19)14-8-6-13(7-9-14)16-15-5-3-2-4-12(15)10-11-17-16;1-13(11,12)7-4-2-6(3-5-7)8(9)10;9-7-6-8-4-2-1-3-5-8;1-13(11,12)7-4-2-6(3-5-7)8(9)10;9-7-5-8-3-1-6(7)2-4-8;1-4-7(5-2)6-3;1-2-6-3(4)5;1-4(2)3/h4-11,18H,3,12-13H2,1-2H3;2-10H,11-12H2,1H3,(H,17,18);2-9,16-17H,10-11H2,1H3;2-9H,10-11H2,1H3;2-5H,1H3;1-5H,6-7,9H2;2-5H,1H3,(H,9,10);6-7,9H,1-5H2;4-6H2,1-3H3;2H2,1H3;/t18-;;16-;;;;;7-;;;/m0.1....1.../s1. The Labute approximate surface area is 887 Å². The van der Waals surface area contributed by atoms with Crippen LogP contribution in [0.3, 0.4) is 0 Å². The minimum absolute atomic E-state index is 0.00694. The van der Waals surface area contributed by atoms with Gasteiger partial charge in [-0.1, -0.05) is 191 Å². The molecule has 11 aromatic rings. The molecule has 40 heteroatoms. The smallest absolute Gasteiger partial charge is 0.410 e. The van der Waals surface area contributed by atoms with Gasteiger partial charge in [0.25, 0.3) is 11.1 Å². The molecule has 794 valence electrons. The molecule has 6 aliphatic rings. The second kappa shape index (κ2) is 62.0. The molecule has 0 aliphatic carbocycles. The number of amides is 2. The third kappa shape index (κ3) is 43.8. The van der Waals surface area contributed by atoms with Gasteiger partial charge in [-0.15, -0.1) is 0 Å². The summed E-state index contributed by atoms with van der Waals surface area (Å²) in [5.41, 5.74) is 19.1. The molecule has 11 aromatic carbocycles. The second-order valence-electron chi connectivity index (χ2n) is 33.9. The van der Waals surface area contributed by atoms with E-state index in [1.807, 2.05) is 109 Å². The van der Waals surface area contributed by atoms with Crippen LogP contribution in [0.15, 0.2) is 313 Å². The molecule has 3 saturated heterocycles. The van der Waals surface area contributed by atoms with Gasteiger partial charge in [0.15, 0.2) is 59.0 Å². The summed E-state index contributed by atoms with van der Waals surface area (Å²) in [6, 6.07) is 82.0. The fourth-order valence-electron chi connectivity index (χ4n) is 15.5. The molecular formula is C107H129Cl4N7O22S7. The van der Waals surface area contributed by atoms with Crippen molar-refractivity contribution in [3.8, 4) is 0 Å². The van der Waals surface area contributed by atoms with Crippen molar-refractivity contribution in [3.63, 3.8) is 0 Å². The van der Waals surface area contributed by atoms with Gasteiger partial charge in [-0.3, -0.25) is 19.5 Å². The van der Waals surface area contributed by atoms with Crippen LogP contribution in [0.1, 0.15) is 152 Å². The lowest BCUT2D eigenvalue weighted by Gasteiger charge is -2.42. The zero-order valence-corrected chi connectivity index (χ0v) is 92.5. The van der Waals surface area contributed by atoms with E-state index in [4.69, 9.17) is 43.0 Å². The van der Waals surface area contributed by atoms with Crippen molar-refractivity contribution in [3.05, 3.63) is 357 Å². The van der Waals surface area contributed by atoms with E-state index in [0.29, 0.717) is 47.6 Å². The van der Waals surface area contributed by atoms with Gasteiger partial charge < -0.3 is 45.9 Å². The predicted molar refractivity (Wildman–Crippen MR) is 584 cm³/mol. The molecule has 0 unspecified atom stereocenters. The van der Waals surface area contributed by atoms with Crippen LogP contribution in [0.4, 0.5) is 9.59 Å². The highest BCUT2D eigenvalue weighted by molar-refractivity contribution is 8.26. The summed E-state index contributed by atoms with van der Waals surface area (Å²) in [6.07, 6.45) is 13.5. The van der Waals surface area contributed by atoms with E-state index in [0.717, 1.165) is 116 Å². The van der Waals surface area contributed by atoms with Crippen LogP contribution in [-0.2, 0) is 110 Å². The molecule has 3 atom stereocenters. The number of aromatic carboxylic acids is 1. The normalized spacial score (nSPS) is 15.6. The molecule has 6 aliphatic heterocycles. The predicted octanol–water partition coefficient (Wildman–Crippen LogP) is 17.4. The molecule has 0 saturated carbocycles. The van der Waals surface area contributed by atoms with Crippen molar-refractivity contribution in [2.75, 3.05) is 123 Å². The number of aliphatic hydroxyl groups excluding tert-OH is 1. The molecule has 29 nitrogen and oxygen atoms in total. The van der Waals surface area contributed by atoms with E-state index in [2.05, 4.69) is 121 Å². The maximum absolute atomic E-state index is 12.4. The van der Waals surface area contributed by atoms with Crippen LogP contribution in [-0.4, -0.2) is 243 Å². The van der Waals surface area contributed by atoms with Crippen LogP contribution in [0.25, 0.3) is 0 Å². The molecule has 6 N–H and O–H groups in total. The van der Waals surface area contributed by atoms with E-state index in [1.165, 1.54) is 165 Å². The van der Waals surface area contributed by atoms with Gasteiger partial charge in [-0.05, 0) is 275 Å². The van der Waals surface area contributed by atoms with Gasteiger partial charge in [0.1, 0.15) is 0 Å². The minimum Gasteiger partial charge on any atom is -0.478 e. The number of nitrogens with one attached hydrogen (secondary N) is 2. The summed E-state index contributed by atoms with van der Waals surface area (Å²) in [4.78, 5) is 67.5. The molecule has 147 heavy (non-hydrogen) atoms. The summed E-state index contributed by atoms with van der Waals surface area (Å²) >= 11 is 9.90. The van der Waals surface area contributed by atoms with Crippen molar-refractivity contribution < 1.29 is 98.4 Å². The number of nitrogens with zero attached hydrogens (tertiary/aromatic N) is 4. The number of piperidine rings is 3. The number of rotatable bonds is 22. The SMILES string of the molecule is CCN(CC)CC.CCOC(=O)Cl.CCOC(=O)N1CCc2ccccc2[C@@H]1c1ccc(S(C)(=O)=O)cc1.CS(=O)(=O)c1ccc(C(=O)Cl)cc1.CS(=O)(=O)c1ccc(C(=O)NCCc2ccccc2)cc1.CS(=O)(=O)c1ccc(C(=O)O)cc1.CS(=O)(=O)c1ccc(C2=NCCc3ccccc32)cc1.CS(=O)(=O)c1ccc([C@H]2NCCc3ccccc32)cc1.NCCc1ccccc1.O=S(Cl)Cl.O[C@@H]1CN2CCC1CC2. The molecule has 2 amide bonds. The number of hydrogen-bond donors (Lipinski definition) is 5. The molecule has 3 fully saturated rings. The zero-order valence-electron chi connectivity index (χ0n) is 83.8. The number of halogens is 4. The van der Waals surface area contributed by atoms with Crippen molar-refractivity contribution in [2.24, 2.45) is 16.6 Å². The van der Waals surface area contributed by atoms with Crippen molar-refractivity contribution in [1.29, 1.82) is 0 Å². The third-order valence-corrected chi connectivity index (χ3v) is 30.4. The number of carboxylic acids is 1. The number of nitrogens with two attached hydrogens (primary N) is 1. The maximum Gasteiger partial charge on any atom is 0.410 e. The third-order valence-electron chi connectivity index (χ3n) is 23.3. The average Bonchev–Trinajstić information content (AvgIpc) is 0.769. The molecule has 0 radical (unpaired) electrons. The Balaban J connectivity index is 0.000000255. The lowest BCUT2D eigenvalue weighted by atomic mass is 9.86. The molecule has 0 aromatic heterocycles. The zero-order chi connectivity index (χ0) is 109. The number of aliphatic hydroxyl groups is 1. The van der Waals surface area contributed by atoms with E-state index in [-0.39, 0.29) is 60.9 Å². The number of benzene rings is 11. The first-order valence-corrected chi connectivity index (χ1v) is 61.8. The van der Waals surface area contributed by atoms with E-state index >= 15 is 0 Å². The summed E-state index contributed by atoms with van der Waals surface area (Å²) < 4.78 is 154. The quantitative estimate of drug-likeness (QED) is 0.0393. The molecular weight excluding hydrogens is 2100 g/mol. The van der Waals surface area contributed by atoms with Crippen LogP contribution in [0.5, 0.6) is 0 Å². The first-order chi connectivity index (χ1) is 69.4. The van der Waals surface area contributed by atoms with Crippen LogP contribution >= 0.6 is 44.6 Å². The van der Waals surface area contributed by atoms with Crippen LogP contribution in [0, 0.1) is 5.92 Å². The van der Waals surface area contributed by atoms with Gasteiger partial charge in [0.05, 0.1) is 72.0 Å².